The maximum Gasteiger partial charge on any atom is 0.200 e. The number of rotatable bonds is 4. The van der Waals surface area contributed by atoms with Crippen molar-refractivity contribution in [3.05, 3.63) is 36.0 Å². The second kappa shape index (κ2) is 5.79. The summed E-state index contributed by atoms with van der Waals surface area (Å²) >= 11 is 0. The van der Waals surface area contributed by atoms with Crippen molar-refractivity contribution < 1.29 is 0 Å². The van der Waals surface area contributed by atoms with Gasteiger partial charge in [0.15, 0.2) is 11.5 Å². The molecule has 118 valence electrons. The summed E-state index contributed by atoms with van der Waals surface area (Å²) in [6.07, 6.45) is 3.02. The molecule has 1 saturated heterocycles. The zero-order valence-corrected chi connectivity index (χ0v) is 12.9. The van der Waals surface area contributed by atoms with Crippen LogP contribution in [0, 0.1) is 12.8 Å². The van der Waals surface area contributed by atoms with Crippen LogP contribution in [0.4, 0.5) is 11.6 Å². The van der Waals surface area contributed by atoms with Crippen molar-refractivity contribution in [1.29, 1.82) is 0 Å². The highest BCUT2D eigenvalue weighted by atomic mass is 15.6. The van der Waals surface area contributed by atoms with Gasteiger partial charge >= 0.3 is 0 Å². The summed E-state index contributed by atoms with van der Waals surface area (Å²) in [7, 11) is 0. The molecule has 1 aliphatic heterocycles. The molecule has 4 heterocycles. The molecule has 4 rings (SSSR count). The van der Waals surface area contributed by atoms with Crippen molar-refractivity contribution in [3.8, 4) is 0 Å². The molecule has 0 unspecified atom stereocenters. The molecule has 8 heteroatoms. The van der Waals surface area contributed by atoms with Gasteiger partial charge in [-0.05, 0) is 53.5 Å². The van der Waals surface area contributed by atoms with Gasteiger partial charge in [-0.1, -0.05) is 6.07 Å². The molecule has 8 nitrogen and oxygen atoms in total. The molecule has 0 saturated carbocycles. The van der Waals surface area contributed by atoms with E-state index in [2.05, 4.69) is 41.9 Å². The third-order valence-corrected chi connectivity index (χ3v) is 4.15. The number of tetrazole rings is 1. The molecule has 3 aromatic rings. The third kappa shape index (κ3) is 2.92. The van der Waals surface area contributed by atoms with Crippen molar-refractivity contribution in [2.24, 2.45) is 5.92 Å². The van der Waals surface area contributed by atoms with E-state index in [-0.39, 0.29) is 0 Å². The lowest BCUT2D eigenvalue weighted by molar-refractivity contribution is 0.619. The van der Waals surface area contributed by atoms with Crippen LogP contribution in [-0.2, 0) is 0 Å². The van der Waals surface area contributed by atoms with Crippen molar-refractivity contribution in [1.82, 2.24) is 30.2 Å². The number of aryl methyl sites for hydroxylation is 1. The highest BCUT2D eigenvalue weighted by Crippen LogP contribution is 2.22. The predicted octanol–water partition coefficient (Wildman–Crippen LogP) is 1.16. The summed E-state index contributed by atoms with van der Waals surface area (Å²) in [5.41, 5.74) is 1.84. The summed E-state index contributed by atoms with van der Waals surface area (Å²) in [4.78, 5) is 6.66. The highest BCUT2D eigenvalue weighted by molar-refractivity contribution is 5.45. The molecule has 1 N–H and O–H groups in total. The lowest BCUT2D eigenvalue weighted by atomic mass is 10.1. The Morgan fingerprint density at radius 1 is 1.26 bits per heavy atom. The van der Waals surface area contributed by atoms with Gasteiger partial charge < -0.3 is 10.2 Å². The Hall–Kier alpha value is -2.77. The van der Waals surface area contributed by atoms with Crippen LogP contribution in [0.5, 0.6) is 0 Å². The molecule has 0 aliphatic carbocycles. The summed E-state index contributed by atoms with van der Waals surface area (Å²) in [6.45, 7) is 4.92. The largest absolute Gasteiger partial charge is 0.370 e. The average Bonchev–Trinajstić information content (AvgIpc) is 3.22. The van der Waals surface area contributed by atoms with Gasteiger partial charge in [-0.2, -0.15) is 0 Å². The minimum atomic E-state index is 0.574. The molecule has 23 heavy (non-hydrogen) atoms. The SMILES string of the molecule is Cc1ccc(NC[C@H]2CCN(c3ccc4nnnn4n3)C2)nc1. The van der Waals surface area contributed by atoms with Crippen LogP contribution in [0.2, 0.25) is 0 Å². The van der Waals surface area contributed by atoms with Gasteiger partial charge in [-0.3, -0.25) is 0 Å². The van der Waals surface area contributed by atoms with Crippen LogP contribution in [0.25, 0.3) is 5.65 Å². The molecule has 0 aromatic carbocycles. The molecule has 1 fully saturated rings. The summed E-state index contributed by atoms with van der Waals surface area (Å²) in [5, 5.41) is 19.2. The van der Waals surface area contributed by atoms with Crippen molar-refractivity contribution >= 4 is 17.3 Å². The van der Waals surface area contributed by atoms with Crippen LogP contribution < -0.4 is 10.2 Å². The van der Waals surface area contributed by atoms with Crippen LogP contribution in [0.15, 0.2) is 30.5 Å². The lowest BCUT2D eigenvalue weighted by Gasteiger charge is -2.17. The van der Waals surface area contributed by atoms with Crippen LogP contribution in [0.1, 0.15) is 12.0 Å². The zero-order chi connectivity index (χ0) is 15.6. The van der Waals surface area contributed by atoms with Gasteiger partial charge in [0, 0.05) is 25.8 Å². The van der Waals surface area contributed by atoms with Crippen LogP contribution in [-0.4, -0.2) is 49.9 Å². The van der Waals surface area contributed by atoms with Crippen LogP contribution >= 0.6 is 0 Å². The predicted molar refractivity (Wildman–Crippen MR) is 86.4 cm³/mol. The number of hydrogen-bond acceptors (Lipinski definition) is 7. The second-order valence-corrected chi connectivity index (χ2v) is 5.92. The molecule has 0 bridgehead atoms. The van der Waals surface area contributed by atoms with E-state index in [4.69, 9.17) is 0 Å². The van der Waals surface area contributed by atoms with Gasteiger partial charge in [0.25, 0.3) is 0 Å². The number of hydrogen-bond donors (Lipinski definition) is 1. The van der Waals surface area contributed by atoms with Gasteiger partial charge in [0.2, 0.25) is 0 Å². The molecule has 0 amide bonds. The van der Waals surface area contributed by atoms with Crippen molar-refractivity contribution in [2.45, 2.75) is 13.3 Å². The Morgan fingerprint density at radius 2 is 2.22 bits per heavy atom. The average molecular weight is 310 g/mol. The number of fused-ring (bicyclic) bond motifs is 1. The minimum Gasteiger partial charge on any atom is -0.370 e. The number of aromatic nitrogens is 6. The first kappa shape index (κ1) is 13.9. The Labute approximate surface area is 133 Å². The number of nitrogens with one attached hydrogen (secondary N) is 1. The first-order valence-corrected chi connectivity index (χ1v) is 7.75. The lowest BCUT2D eigenvalue weighted by Crippen LogP contribution is -2.24. The molecule has 1 aliphatic rings. The highest BCUT2D eigenvalue weighted by Gasteiger charge is 2.23. The summed E-state index contributed by atoms with van der Waals surface area (Å²) in [6, 6.07) is 7.96. The normalized spacial score (nSPS) is 17.8. The van der Waals surface area contributed by atoms with E-state index in [1.165, 1.54) is 10.2 Å². The molecule has 0 radical (unpaired) electrons. The molecule has 0 spiro atoms. The Bertz CT molecular complexity index is 797. The van der Waals surface area contributed by atoms with E-state index in [0.717, 1.165) is 37.7 Å². The Balaban J connectivity index is 1.37. The maximum atomic E-state index is 4.45. The second-order valence-electron chi connectivity index (χ2n) is 5.92. The van der Waals surface area contributed by atoms with E-state index < -0.39 is 0 Å². The zero-order valence-electron chi connectivity index (χ0n) is 12.9. The first-order valence-electron chi connectivity index (χ1n) is 7.75. The fourth-order valence-corrected chi connectivity index (χ4v) is 2.84. The van der Waals surface area contributed by atoms with Gasteiger partial charge in [-0.25, -0.2) is 4.98 Å². The Kier molecular flexibility index (Phi) is 3.49. The van der Waals surface area contributed by atoms with Crippen molar-refractivity contribution in [2.75, 3.05) is 29.9 Å². The van der Waals surface area contributed by atoms with Crippen LogP contribution in [0.3, 0.4) is 0 Å². The molecular weight excluding hydrogens is 292 g/mol. The maximum absolute atomic E-state index is 4.45. The first-order chi connectivity index (χ1) is 11.3. The third-order valence-electron chi connectivity index (χ3n) is 4.15. The van der Waals surface area contributed by atoms with Crippen molar-refractivity contribution in [3.63, 3.8) is 0 Å². The smallest absolute Gasteiger partial charge is 0.200 e. The van der Waals surface area contributed by atoms with Gasteiger partial charge in [-0.15, -0.1) is 14.8 Å². The molecular formula is C15H18N8. The van der Waals surface area contributed by atoms with E-state index in [0.29, 0.717) is 11.6 Å². The number of anilines is 2. The quantitative estimate of drug-likeness (QED) is 0.774. The summed E-state index contributed by atoms with van der Waals surface area (Å²) < 4.78 is 1.47. The van der Waals surface area contributed by atoms with Gasteiger partial charge in [0.05, 0.1) is 0 Å². The van der Waals surface area contributed by atoms with E-state index in [1.807, 2.05) is 31.3 Å². The standard InChI is InChI=1S/C15H18N8/c1-11-2-3-13(16-8-11)17-9-12-6-7-22(10-12)15-5-4-14-18-20-21-23(14)19-15/h2-5,8,12H,6-7,9-10H2,1H3,(H,16,17)/t12-/m1/s1. The summed E-state index contributed by atoms with van der Waals surface area (Å²) in [5.74, 6) is 2.42. The van der Waals surface area contributed by atoms with Gasteiger partial charge in [0.1, 0.15) is 5.82 Å². The van der Waals surface area contributed by atoms with E-state index in [9.17, 15) is 0 Å². The monoisotopic (exact) mass is 310 g/mol. The number of pyridine rings is 1. The number of nitrogens with zero attached hydrogens (tertiary/aromatic N) is 7. The fraction of sp³-hybridized carbons (Fsp3) is 0.400. The topological polar surface area (TPSA) is 84.1 Å². The minimum absolute atomic E-state index is 0.574. The van der Waals surface area contributed by atoms with E-state index >= 15 is 0 Å². The van der Waals surface area contributed by atoms with E-state index in [1.54, 1.807) is 0 Å². The fourth-order valence-electron chi connectivity index (χ4n) is 2.84. The molecule has 3 aromatic heterocycles. The Morgan fingerprint density at radius 3 is 3.09 bits per heavy atom. The molecule has 1 atom stereocenters.